The number of aliphatic hydroxyl groups excluding tert-OH is 1. The van der Waals surface area contributed by atoms with Crippen LogP contribution in [0, 0.1) is 23.7 Å². The lowest BCUT2D eigenvalue weighted by Crippen LogP contribution is -2.30. The lowest BCUT2D eigenvalue weighted by molar-refractivity contribution is -0.161. The van der Waals surface area contributed by atoms with Crippen LogP contribution in [0.1, 0.15) is 370 Å². The zero-order chi connectivity index (χ0) is 68.9. The van der Waals surface area contributed by atoms with E-state index in [1.54, 1.807) is 0 Å². The Morgan fingerprint density at radius 1 is 0.269 bits per heavy atom. The van der Waals surface area contributed by atoms with Crippen LogP contribution in [0.25, 0.3) is 0 Å². The molecule has 0 rings (SSSR count). The van der Waals surface area contributed by atoms with E-state index >= 15 is 0 Å². The number of carbonyl (C=O) groups is 4. The first-order valence-electron chi connectivity index (χ1n) is 38.2. The number of hydrogen-bond donors (Lipinski definition) is 3. The minimum absolute atomic E-state index is 0.102. The van der Waals surface area contributed by atoms with E-state index in [1.165, 1.54) is 167 Å². The fraction of sp³-hybridized carbons (Fsp3) is 0.946. The molecule has 5 atom stereocenters. The summed E-state index contributed by atoms with van der Waals surface area (Å²) in [4.78, 5) is 72.6. The Labute approximate surface area is 568 Å². The van der Waals surface area contributed by atoms with Crippen LogP contribution in [0.15, 0.2) is 0 Å². The number of rotatable bonds is 71. The van der Waals surface area contributed by atoms with Gasteiger partial charge in [-0.25, -0.2) is 9.13 Å². The molecule has 0 aliphatic heterocycles. The second-order valence-corrected chi connectivity index (χ2v) is 31.5. The third kappa shape index (κ3) is 68.4. The van der Waals surface area contributed by atoms with Crippen molar-refractivity contribution in [3.63, 3.8) is 0 Å². The number of carbonyl (C=O) groups excluding carboxylic acids is 4. The normalized spacial score (nSPS) is 14.2. The molecule has 552 valence electrons. The molecule has 0 aromatic carbocycles. The van der Waals surface area contributed by atoms with Gasteiger partial charge >= 0.3 is 39.5 Å². The number of phosphoric acid groups is 2. The fourth-order valence-corrected chi connectivity index (χ4v) is 12.8. The van der Waals surface area contributed by atoms with Crippen molar-refractivity contribution in [2.24, 2.45) is 23.7 Å². The molecule has 0 saturated heterocycles. The Hall–Kier alpha value is -1.94. The molecule has 0 aliphatic rings. The minimum atomic E-state index is -4.96. The smallest absolute Gasteiger partial charge is 0.462 e. The predicted octanol–water partition coefficient (Wildman–Crippen LogP) is 21.3. The Kier molecular flexibility index (Phi) is 62.2. The van der Waals surface area contributed by atoms with Crippen molar-refractivity contribution in [1.29, 1.82) is 0 Å². The van der Waals surface area contributed by atoms with Gasteiger partial charge in [-0.1, -0.05) is 319 Å². The van der Waals surface area contributed by atoms with Crippen LogP contribution in [0.4, 0.5) is 0 Å². The maximum Gasteiger partial charge on any atom is 0.472 e. The van der Waals surface area contributed by atoms with Gasteiger partial charge < -0.3 is 33.8 Å². The van der Waals surface area contributed by atoms with Gasteiger partial charge in [0.25, 0.3) is 0 Å². The van der Waals surface area contributed by atoms with Crippen molar-refractivity contribution >= 4 is 39.5 Å². The Bertz CT molecular complexity index is 1830. The van der Waals surface area contributed by atoms with Crippen LogP contribution < -0.4 is 0 Å². The van der Waals surface area contributed by atoms with Crippen molar-refractivity contribution in [2.75, 3.05) is 39.6 Å². The predicted molar refractivity (Wildman–Crippen MR) is 377 cm³/mol. The van der Waals surface area contributed by atoms with Gasteiger partial charge in [-0.05, 0) is 49.4 Å². The highest BCUT2D eigenvalue weighted by molar-refractivity contribution is 7.47. The first-order valence-corrected chi connectivity index (χ1v) is 41.2. The molecule has 17 nitrogen and oxygen atoms in total. The summed E-state index contributed by atoms with van der Waals surface area (Å²) < 4.78 is 68.4. The molecule has 19 heteroatoms. The summed E-state index contributed by atoms with van der Waals surface area (Å²) in [5.41, 5.74) is 0. The molecule has 0 bridgehead atoms. The van der Waals surface area contributed by atoms with Crippen molar-refractivity contribution in [3.05, 3.63) is 0 Å². The van der Waals surface area contributed by atoms with Crippen LogP contribution in [-0.2, 0) is 65.4 Å². The molecular weight excluding hydrogens is 1220 g/mol. The Balaban J connectivity index is 5.22. The monoisotopic (exact) mass is 1370 g/mol. The van der Waals surface area contributed by atoms with Crippen LogP contribution >= 0.6 is 15.6 Å². The zero-order valence-corrected chi connectivity index (χ0v) is 62.7. The van der Waals surface area contributed by atoms with Crippen molar-refractivity contribution in [3.8, 4) is 0 Å². The molecule has 0 radical (unpaired) electrons. The molecule has 0 spiro atoms. The molecule has 3 N–H and O–H groups in total. The maximum absolute atomic E-state index is 13.1. The van der Waals surface area contributed by atoms with Gasteiger partial charge in [0.2, 0.25) is 0 Å². The molecule has 0 aromatic heterocycles. The summed E-state index contributed by atoms with van der Waals surface area (Å²) >= 11 is 0. The van der Waals surface area contributed by atoms with Gasteiger partial charge in [0.05, 0.1) is 26.4 Å². The first-order chi connectivity index (χ1) is 44.6. The van der Waals surface area contributed by atoms with E-state index in [0.717, 1.165) is 108 Å². The highest BCUT2D eigenvalue weighted by Gasteiger charge is 2.30. The molecule has 93 heavy (non-hydrogen) atoms. The molecule has 0 saturated carbocycles. The van der Waals surface area contributed by atoms with Crippen LogP contribution in [-0.4, -0.2) is 96.7 Å². The summed E-state index contributed by atoms with van der Waals surface area (Å²) in [5, 5.41) is 10.6. The van der Waals surface area contributed by atoms with Gasteiger partial charge in [-0.15, -0.1) is 0 Å². The lowest BCUT2D eigenvalue weighted by Gasteiger charge is -2.21. The fourth-order valence-electron chi connectivity index (χ4n) is 11.2. The average Bonchev–Trinajstić information content (AvgIpc) is 2.60. The van der Waals surface area contributed by atoms with E-state index in [9.17, 15) is 43.2 Å². The number of esters is 4. The summed E-state index contributed by atoms with van der Waals surface area (Å²) in [6.45, 7) is 14.1. The number of aliphatic hydroxyl groups is 1. The topological polar surface area (TPSA) is 237 Å². The number of ether oxygens (including phenoxy) is 4. The van der Waals surface area contributed by atoms with Crippen LogP contribution in [0.2, 0.25) is 0 Å². The molecule has 0 fully saturated rings. The lowest BCUT2D eigenvalue weighted by atomic mass is 10.0. The second-order valence-electron chi connectivity index (χ2n) is 28.6. The average molecular weight is 1370 g/mol. The van der Waals surface area contributed by atoms with Gasteiger partial charge in [0.15, 0.2) is 12.2 Å². The van der Waals surface area contributed by atoms with E-state index < -0.39 is 97.5 Å². The van der Waals surface area contributed by atoms with Gasteiger partial charge in [-0.2, -0.15) is 0 Å². The third-order valence-electron chi connectivity index (χ3n) is 17.1. The van der Waals surface area contributed by atoms with Crippen LogP contribution in [0.5, 0.6) is 0 Å². The Morgan fingerprint density at radius 3 is 0.667 bits per heavy atom. The summed E-state index contributed by atoms with van der Waals surface area (Å²) in [6.07, 6.45) is 47.5. The van der Waals surface area contributed by atoms with Gasteiger partial charge in [0.1, 0.15) is 19.3 Å². The molecule has 0 aromatic rings. The number of unbranched alkanes of at least 4 members (excludes halogenated alkanes) is 37. The largest absolute Gasteiger partial charge is 0.472 e. The van der Waals surface area contributed by atoms with E-state index in [2.05, 4.69) is 55.4 Å². The first kappa shape index (κ1) is 91.1. The SMILES string of the molecule is CC(C)CCCCCCCCCCCCCCCCC(=O)OC[C@H](COP(=O)(O)OC[C@@H](O)COP(=O)(O)OC[C@@H](COC(=O)CCCCCCCCC(C)C)OC(=O)CCCCCCCCCC(C)C)OC(=O)CCCCCCCCCCCCCCCCC(C)C. The quantitative estimate of drug-likeness (QED) is 0.0222. The van der Waals surface area contributed by atoms with E-state index in [4.69, 9.17) is 37.0 Å². The molecule has 0 amide bonds. The summed E-state index contributed by atoms with van der Waals surface area (Å²) in [7, 11) is -9.91. The number of phosphoric ester groups is 2. The van der Waals surface area contributed by atoms with Gasteiger partial charge in [-0.3, -0.25) is 37.3 Å². The number of hydrogen-bond acceptors (Lipinski definition) is 15. The highest BCUT2D eigenvalue weighted by Crippen LogP contribution is 2.45. The molecule has 2 unspecified atom stereocenters. The van der Waals surface area contributed by atoms with E-state index in [1.807, 2.05) is 0 Å². The zero-order valence-electron chi connectivity index (χ0n) is 60.9. The van der Waals surface area contributed by atoms with Gasteiger partial charge in [0, 0.05) is 25.7 Å². The third-order valence-corrected chi connectivity index (χ3v) is 19.0. The molecular formula is C74H144O17P2. The molecule has 0 aliphatic carbocycles. The second kappa shape index (κ2) is 63.5. The molecule has 0 heterocycles. The maximum atomic E-state index is 13.1. The Morgan fingerprint density at radius 2 is 0.452 bits per heavy atom. The van der Waals surface area contributed by atoms with E-state index in [0.29, 0.717) is 37.5 Å². The van der Waals surface area contributed by atoms with Crippen molar-refractivity contribution in [1.82, 2.24) is 0 Å². The minimum Gasteiger partial charge on any atom is -0.462 e. The van der Waals surface area contributed by atoms with Crippen molar-refractivity contribution in [2.45, 2.75) is 388 Å². The summed E-state index contributed by atoms with van der Waals surface area (Å²) in [5.74, 6) is 0.842. The van der Waals surface area contributed by atoms with Crippen molar-refractivity contribution < 1.29 is 80.2 Å². The highest BCUT2D eigenvalue weighted by atomic mass is 31.2. The summed E-state index contributed by atoms with van der Waals surface area (Å²) in [6, 6.07) is 0. The van der Waals surface area contributed by atoms with E-state index in [-0.39, 0.29) is 25.7 Å². The standard InChI is InChI=1S/C74H144O17P2/c1-64(2)50-42-34-26-21-17-13-9-11-15-19-23-29-38-46-54-71(76)84-60-69(90-73(78)56-48-40-30-24-20-16-12-10-14-18-22-27-35-43-51-65(3)4)62-88-92(80,81)86-58-68(75)59-87-93(82,83)89-63-70(61-85-72(77)55-47-39-33-32-37-45-53-67(7)8)91-74(79)57-49-41-31-25-28-36-44-52-66(5)6/h64-70,75H,9-63H2,1-8H3,(H,80,81)(H,82,83)/t68-,69-,70-/m1/s1. The van der Waals surface area contributed by atoms with Crippen LogP contribution in [0.3, 0.4) is 0 Å².